The number of aromatic carboxylic acids is 1. The van der Waals surface area contributed by atoms with Gasteiger partial charge in [-0.05, 0) is 29.8 Å². The normalized spacial score (nSPS) is 10.2. The average molecular weight is 221 g/mol. The van der Waals surface area contributed by atoms with Crippen LogP contribution in [0, 0.1) is 5.82 Å². The van der Waals surface area contributed by atoms with Crippen LogP contribution < -0.4 is 5.11 Å². The molecule has 0 aliphatic heterocycles. The Kier molecular flexibility index (Phi) is 2.51. The van der Waals surface area contributed by atoms with Gasteiger partial charge < -0.3 is 9.90 Å². The van der Waals surface area contributed by atoms with E-state index in [1.54, 1.807) is 18.2 Å². The van der Waals surface area contributed by atoms with E-state index in [0.717, 1.165) is 21.8 Å². The van der Waals surface area contributed by atoms with Crippen molar-refractivity contribution in [3.8, 4) is 10.4 Å². The second kappa shape index (κ2) is 3.82. The topological polar surface area (TPSA) is 40.1 Å². The van der Waals surface area contributed by atoms with E-state index in [1.807, 2.05) is 0 Å². The highest BCUT2D eigenvalue weighted by molar-refractivity contribution is 7.17. The Morgan fingerprint density at radius 3 is 2.33 bits per heavy atom. The van der Waals surface area contributed by atoms with Gasteiger partial charge in [-0.25, -0.2) is 4.39 Å². The maximum Gasteiger partial charge on any atom is 0.123 e. The monoisotopic (exact) mass is 221 g/mol. The van der Waals surface area contributed by atoms with E-state index in [1.165, 1.54) is 18.2 Å². The average Bonchev–Trinajstić information content (AvgIpc) is 2.68. The van der Waals surface area contributed by atoms with Gasteiger partial charge in [0.2, 0.25) is 0 Å². The van der Waals surface area contributed by atoms with Crippen LogP contribution in [-0.2, 0) is 0 Å². The summed E-state index contributed by atoms with van der Waals surface area (Å²) >= 11 is 1.12. The summed E-state index contributed by atoms with van der Waals surface area (Å²) < 4.78 is 12.6. The van der Waals surface area contributed by atoms with E-state index < -0.39 is 5.97 Å². The number of carbonyl (C=O) groups is 1. The maximum absolute atomic E-state index is 12.6. The third-order valence-electron chi connectivity index (χ3n) is 1.94. The SMILES string of the molecule is O=C([O-])c1ccc(-c2ccc(F)cc2)s1. The van der Waals surface area contributed by atoms with Crippen LogP contribution in [0.5, 0.6) is 0 Å². The third-order valence-corrected chi connectivity index (χ3v) is 3.05. The van der Waals surface area contributed by atoms with Gasteiger partial charge in [-0.15, -0.1) is 11.3 Å². The minimum absolute atomic E-state index is 0.175. The van der Waals surface area contributed by atoms with Gasteiger partial charge in [0, 0.05) is 4.88 Å². The predicted octanol–water partition coefficient (Wildman–Crippen LogP) is 1.92. The van der Waals surface area contributed by atoms with Gasteiger partial charge in [0.15, 0.2) is 0 Å². The van der Waals surface area contributed by atoms with E-state index in [-0.39, 0.29) is 10.7 Å². The van der Waals surface area contributed by atoms with E-state index in [9.17, 15) is 14.3 Å². The molecule has 0 aliphatic carbocycles. The predicted molar refractivity (Wildman–Crippen MR) is 54.0 cm³/mol. The Morgan fingerprint density at radius 2 is 1.80 bits per heavy atom. The molecule has 0 spiro atoms. The fraction of sp³-hybridized carbons (Fsp3) is 0. The first-order valence-corrected chi connectivity index (χ1v) is 5.05. The number of benzene rings is 1. The zero-order valence-corrected chi connectivity index (χ0v) is 8.38. The zero-order chi connectivity index (χ0) is 10.8. The maximum atomic E-state index is 12.6. The smallest absolute Gasteiger partial charge is 0.123 e. The number of halogens is 1. The number of rotatable bonds is 2. The highest BCUT2D eigenvalue weighted by atomic mass is 32.1. The molecule has 2 nitrogen and oxygen atoms in total. The van der Waals surface area contributed by atoms with Crippen LogP contribution in [0.1, 0.15) is 9.67 Å². The number of carboxylic acids is 1. The number of thiophene rings is 1. The molecule has 1 heterocycles. The molecular formula is C11H6FO2S-. The minimum Gasteiger partial charge on any atom is -0.544 e. The summed E-state index contributed by atoms with van der Waals surface area (Å²) in [6, 6.07) is 9.07. The van der Waals surface area contributed by atoms with E-state index in [0.29, 0.717) is 0 Å². The highest BCUT2D eigenvalue weighted by Crippen LogP contribution is 2.27. The lowest BCUT2D eigenvalue weighted by atomic mass is 10.2. The van der Waals surface area contributed by atoms with Crippen molar-refractivity contribution < 1.29 is 14.3 Å². The van der Waals surface area contributed by atoms with E-state index in [2.05, 4.69) is 0 Å². The molecule has 0 bridgehead atoms. The summed E-state index contributed by atoms with van der Waals surface area (Å²) in [7, 11) is 0. The second-order valence-electron chi connectivity index (χ2n) is 2.96. The molecule has 0 atom stereocenters. The summed E-state index contributed by atoms with van der Waals surface area (Å²) in [5.74, 6) is -1.50. The van der Waals surface area contributed by atoms with Crippen LogP contribution in [0.2, 0.25) is 0 Å². The van der Waals surface area contributed by atoms with Gasteiger partial charge >= 0.3 is 0 Å². The molecule has 0 fully saturated rings. The molecule has 0 N–H and O–H groups in total. The van der Waals surface area contributed by atoms with Gasteiger partial charge in [-0.3, -0.25) is 0 Å². The van der Waals surface area contributed by atoms with Crippen molar-refractivity contribution in [2.45, 2.75) is 0 Å². The van der Waals surface area contributed by atoms with Crippen LogP contribution in [0.25, 0.3) is 10.4 Å². The molecule has 0 unspecified atom stereocenters. The Hall–Kier alpha value is -1.68. The van der Waals surface area contributed by atoms with Crippen molar-refractivity contribution in [3.05, 3.63) is 47.1 Å². The summed E-state index contributed by atoms with van der Waals surface area (Å²) in [6.45, 7) is 0. The molecule has 0 amide bonds. The first-order valence-electron chi connectivity index (χ1n) is 4.24. The Bertz CT molecular complexity index is 488. The highest BCUT2D eigenvalue weighted by Gasteiger charge is 2.03. The van der Waals surface area contributed by atoms with Crippen molar-refractivity contribution >= 4 is 17.3 Å². The molecule has 76 valence electrons. The molecule has 2 rings (SSSR count). The van der Waals surface area contributed by atoms with Crippen molar-refractivity contribution in [1.29, 1.82) is 0 Å². The quantitative estimate of drug-likeness (QED) is 0.777. The minimum atomic E-state index is -1.19. The fourth-order valence-electron chi connectivity index (χ4n) is 1.22. The molecule has 0 radical (unpaired) electrons. The largest absolute Gasteiger partial charge is 0.544 e. The second-order valence-corrected chi connectivity index (χ2v) is 4.04. The molecule has 4 heteroatoms. The number of hydrogen-bond acceptors (Lipinski definition) is 3. The Balaban J connectivity index is 2.37. The van der Waals surface area contributed by atoms with E-state index >= 15 is 0 Å². The van der Waals surface area contributed by atoms with Crippen LogP contribution in [0.15, 0.2) is 36.4 Å². The summed E-state index contributed by atoms with van der Waals surface area (Å²) in [5.41, 5.74) is 0.800. The Morgan fingerprint density at radius 1 is 1.13 bits per heavy atom. The Labute approximate surface area is 89.6 Å². The number of carbonyl (C=O) groups excluding carboxylic acids is 1. The van der Waals surface area contributed by atoms with Crippen molar-refractivity contribution in [3.63, 3.8) is 0 Å². The lowest BCUT2D eigenvalue weighted by Crippen LogP contribution is -2.20. The van der Waals surface area contributed by atoms with Crippen molar-refractivity contribution in [1.82, 2.24) is 0 Å². The molecule has 2 aromatic rings. The molecule has 0 aliphatic rings. The number of carboxylic acid groups (broad SMARTS) is 1. The third kappa shape index (κ3) is 2.05. The van der Waals surface area contributed by atoms with Gasteiger partial charge in [-0.2, -0.15) is 0 Å². The molecule has 1 aromatic heterocycles. The molecule has 1 aromatic carbocycles. The van der Waals surface area contributed by atoms with Crippen molar-refractivity contribution in [2.24, 2.45) is 0 Å². The first-order chi connectivity index (χ1) is 7.16. The fourth-order valence-corrected chi connectivity index (χ4v) is 2.06. The first kappa shape index (κ1) is 9.86. The van der Waals surface area contributed by atoms with Crippen LogP contribution >= 0.6 is 11.3 Å². The van der Waals surface area contributed by atoms with E-state index in [4.69, 9.17) is 0 Å². The standard InChI is InChI=1S/C11H7FO2S/c12-8-3-1-7(2-4-8)9-5-6-10(15-9)11(13)14/h1-6H,(H,13,14)/p-1. The molecule has 0 saturated heterocycles. The lowest BCUT2D eigenvalue weighted by Gasteiger charge is -1.97. The van der Waals surface area contributed by atoms with Gasteiger partial charge in [0.05, 0.1) is 10.8 Å². The van der Waals surface area contributed by atoms with Crippen LogP contribution in [0.3, 0.4) is 0 Å². The summed E-state index contributed by atoms with van der Waals surface area (Å²) in [4.78, 5) is 11.5. The zero-order valence-electron chi connectivity index (χ0n) is 7.57. The van der Waals surface area contributed by atoms with Gasteiger partial charge in [0.1, 0.15) is 5.82 Å². The van der Waals surface area contributed by atoms with Crippen LogP contribution in [0.4, 0.5) is 4.39 Å². The summed E-state index contributed by atoms with van der Waals surface area (Å²) in [6.07, 6.45) is 0. The van der Waals surface area contributed by atoms with Crippen molar-refractivity contribution in [2.75, 3.05) is 0 Å². The van der Waals surface area contributed by atoms with Crippen LogP contribution in [-0.4, -0.2) is 5.97 Å². The number of hydrogen-bond donors (Lipinski definition) is 0. The molecule has 0 saturated carbocycles. The van der Waals surface area contributed by atoms with Gasteiger partial charge in [0.25, 0.3) is 0 Å². The van der Waals surface area contributed by atoms with Gasteiger partial charge in [-0.1, -0.05) is 12.1 Å². The molecular weight excluding hydrogens is 215 g/mol. The molecule has 15 heavy (non-hydrogen) atoms. The summed E-state index contributed by atoms with van der Waals surface area (Å²) in [5, 5.41) is 10.5. The lowest BCUT2D eigenvalue weighted by molar-refractivity contribution is -0.254.